The smallest absolute Gasteiger partial charge is 0.318 e. The zero-order valence-electron chi connectivity index (χ0n) is 25.8. The number of carbonyl (C=O) groups is 1. The molecular formula is C34H42N8O2. The summed E-state index contributed by atoms with van der Waals surface area (Å²) in [6.07, 6.45) is 3.92. The third kappa shape index (κ3) is 5.78. The van der Waals surface area contributed by atoms with Crippen molar-refractivity contribution in [1.29, 1.82) is 0 Å². The third-order valence-corrected chi connectivity index (χ3v) is 9.94. The van der Waals surface area contributed by atoms with Crippen LogP contribution in [0.1, 0.15) is 36.1 Å². The minimum absolute atomic E-state index is 0.00775. The van der Waals surface area contributed by atoms with Gasteiger partial charge in [-0.1, -0.05) is 30.3 Å². The molecule has 1 amide bonds. The van der Waals surface area contributed by atoms with E-state index in [1.165, 1.54) is 34.0 Å². The Balaban J connectivity index is 1.19. The molecule has 3 saturated heterocycles. The molecule has 0 radical (unpaired) electrons. The fourth-order valence-electron chi connectivity index (χ4n) is 7.29. The summed E-state index contributed by atoms with van der Waals surface area (Å²) in [5.74, 6) is 1.01. The molecule has 0 saturated carbocycles. The number of fused-ring (bicyclic) bond motifs is 2. The highest BCUT2D eigenvalue weighted by Gasteiger charge is 2.38. The Morgan fingerprint density at radius 1 is 1.14 bits per heavy atom. The number of amides is 1. The molecule has 0 unspecified atom stereocenters. The second kappa shape index (κ2) is 12.2. The van der Waals surface area contributed by atoms with E-state index in [-0.39, 0.29) is 23.9 Å². The average molecular weight is 595 g/mol. The lowest BCUT2D eigenvalue weighted by Crippen LogP contribution is -2.53. The molecule has 0 aliphatic carbocycles. The van der Waals surface area contributed by atoms with Gasteiger partial charge >= 0.3 is 6.01 Å². The Kier molecular flexibility index (Phi) is 8.00. The second-order valence-corrected chi connectivity index (χ2v) is 12.9. The number of carbonyl (C=O) groups excluding carboxylic acids is 1. The number of hydrogen-bond donors (Lipinski definition) is 2. The molecule has 1 aromatic heterocycles. The standard InChI is InChI=1S/C34H42N8O2/c1-22-7-4-8-23-9-5-11-30(31(22)23)41-15-12-26-29(20-41)38-34(44-21-25-10-6-14-40(25)3)39-32(26)42-16-13-27(24(19-42)17-35-2)37-33(43)28-18-36-28/h4-5,7-9,11,24-25,27-28,36H,6,10,12-21H2,1,3H3,(H,37,43)/t24-,25-,27-,28-/m0/s1. The summed E-state index contributed by atoms with van der Waals surface area (Å²) in [7, 11) is 2.16. The van der Waals surface area contributed by atoms with Crippen molar-refractivity contribution in [3.05, 3.63) is 64.6 Å². The summed E-state index contributed by atoms with van der Waals surface area (Å²) in [6.45, 7) is 15.6. The lowest BCUT2D eigenvalue weighted by Gasteiger charge is -2.39. The minimum Gasteiger partial charge on any atom is -0.462 e. The van der Waals surface area contributed by atoms with Crippen molar-refractivity contribution in [1.82, 2.24) is 25.5 Å². The quantitative estimate of drug-likeness (QED) is 0.303. The Hall–Kier alpha value is -3.94. The topological polar surface area (TPSA) is 100 Å². The summed E-state index contributed by atoms with van der Waals surface area (Å²) in [4.78, 5) is 33.5. The first-order valence-corrected chi connectivity index (χ1v) is 16.1. The van der Waals surface area contributed by atoms with Gasteiger partial charge in [-0.2, -0.15) is 9.97 Å². The third-order valence-electron chi connectivity index (χ3n) is 9.94. The van der Waals surface area contributed by atoms with Crippen LogP contribution < -0.4 is 25.2 Å². The van der Waals surface area contributed by atoms with Crippen molar-refractivity contribution >= 4 is 28.2 Å². The molecule has 10 heteroatoms. The van der Waals surface area contributed by atoms with Gasteiger partial charge in [0, 0.05) is 54.9 Å². The molecule has 4 aliphatic heterocycles. The van der Waals surface area contributed by atoms with E-state index in [2.05, 4.69) is 80.5 Å². The van der Waals surface area contributed by atoms with E-state index < -0.39 is 0 Å². The average Bonchev–Trinajstić information content (AvgIpc) is 3.81. The number of piperidine rings is 1. The molecule has 10 nitrogen and oxygen atoms in total. The van der Waals surface area contributed by atoms with E-state index in [4.69, 9.17) is 21.3 Å². The van der Waals surface area contributed by atoms with Gasteiger partial charge in [0.1, 0.15) is 12.4 Å². The van der Waals surface area contributed by atoms with Gasteiger partial charge in [-0.05, 0) is 63.2 Å². The summed E-state index contributed by atoms with van der Waals surface area (Å²) in [6, 6.07) is 13.8. The van der Waals surface area contributed by atoms with E-state index in [9.17, 15) is 4.79 Å². The predicted molar refractivity (Wildman–Crippen MR) is 172 cm³/mol. The summed E-state index contributed by atoms with van der Waals surface area (Å²) < 4.78 is 6.35. The minimum atomic E-state index is -0.0809. The Bertz CT molecular complexity index is 1580. The predicted octanol–water partition coefficient (Wildman–Crippen LogP) is 3.18. The van der Waals surface area contributed by atoms with Crippen LogP contribution in [-0.4, -0.2) is 91.8 Å². The van der Waals surface area contributed by atoms with Crippen molar-refractivity contribution in [2.45, 2.75) is 57.3 Å². The maximum atomic E-state index is 12.6. The zero-order valence-corrected chi connectivity index (χ0v) is 25.8. The summed E-state index contributed by atoms with van der Waals surface area (Å²) in [5, 5.41) is 8.85. The number of hydrogen-bond acceptors (Lipinski definition) is 8. The second-order valence-electron chi connectivity index (χ2n) is 12.9. The van der Waals surface area contributed by atoms with Gasteiger partial charge in [0.2, 0.25) is 12.5 Å². The number of anilines is 2. The van der Waals surface area contributed by atoms with Gasteiger partial charge in [0.15, 0.2) is 0 Å². The highest BCUT2D eigenvalue weighted by molar-refractivity contribution is 5.97. The van der Waals surface area contributed by atoms with E-state index >= 15 is 0 Å². The molecule has 0 bridgehead atoms. The molecule has 2 aromatic carbocycles. The monoisotopic (exact) mass is 594 g/mol. The fraction of sp³-hybridized carbons (Fsp3) is 0.529. The van der Waals surface area contributed by atoms with Gasteiger partial charge in [-0.15, -0.1) is 0 Å². The molecule has 4 aliphatic rings. The number of nitrogens with zero attached hydrogens (tertiary/aromatic N) is 6. The fourth-order valence-corrected chi connectivity index (χ4v) is 7.29. The van der Waals surface area contributed by atoms with Crippen LogP contribution in [0.25, 0.3) is 15.6 Å². The Morgan fingerprint density at radius 2 is 1.98 bits per heavy atom. The Morgan fingerprint density at radius 3 is 2.75 bits per heavy atom. The van der Waals surface area contributed by atoms with Crippen LogP contribution >= 0.6 is 0 Å². The van der Waals surface area contributed by atoms with Crippen LogP contribution in [0.5, 0.6) is 6.01 Å². The summed E-state index contributed by atoms with van der Waals surface area (Å²) >= 11 is 0. The maximum Gasteiger partial charge on any atom is 0.318 e. The van der Waals surface area contributed by atoms with E-state index in [1.54, 1.807) is 0 Å². The van der Waals surface area contributed by atoms with Crippen molar-refractivity contribution < 1.29 is 9.53 Å². The first-order chi connectivity index (χ1) is 21.5. The van der Waals surface area contributed by atoms with Crippen molar-refractivity contribution in [3.8, 4) is 6.01 Å². The molecule has 3 fully saturated rings. The van der Waals surface area contributed by atoms with Gasteiger partial charge in [0.25, 0.3) is 0 Å². The highest BCUT2D eigenvalue weighted by Crippen LogP contribution is 2.36. The lowest BCUT2D eigenvalue weighted by molar-refractivity contribution is -0.121. The number of rotatable bonds is 8. The van der Waals surface area contributed by atoms with Crippen molar-refractivity contribution in [2.75, 3.05) is 62.7 Å². The maximum absolute atomic E-state index is 12.6. The number of likely N-dealkylation sites (N-methyl/N-ethyl adjacent to an activating group) is 1. The molecule has 3 aromatic rings. The van der Waals surface area contributed by atoms with Crippen LogP contribution in [0.4, 0.5) is 11.5 Å². The number of likely N-dealkylation sites (tertiary alicyclic amines) is 1. The highest BCUT2D eigenvalue weighted by atomic mass is 16.5. The number of benzene rings is 2. The number of aromatic nitrogens is 2. The lowest BCUT2D eigenvalue weighted by atomic mass is 9.91. The van der Waals surface area contributed by atoms with E-state index in [1.807, 2.05) is 0 Å². The molecule has 5 heterocycles. The van der Waals surface area contributed by atoms with Gasteiger partial charge in [-0.25, -0.2) is 6.57 Å². The number of aryl methyl sites for hydroxylation is 1. The molecule has 7 rings (SSSR count). The van der Waals surface area contributed by atoms with Gasteiger partial charge in [-0.3, -0.25) is 4.79 Å². The zero-order chi connectivity index (χ0) is 30.2. The van der Waals surface area contributed by atoms with Gasteiger partial charge < -0.3 is 34.9 Å². The van der Waals surface area contributed by atoms with Crippen LogP contribution in [0.3, 0.4) is 0 Å². The van der Waals surface area contributed by atoms with Crippen LogP contribution in [-0.2, 0) is 17.8 Å². The first kappa shape index (κ1) is 28.8. The van der Waals surface area contributed by atoms with E-state index in [0.717, 1.165) is 57.0 Å². The van der Waals surface area contributed by atoms with Crippen molar-refractivity contribution in [3.63, 3.8) is 0 Å². The van der Waals surface area contributed by atoms with Gasteiger partial charge in [0.05, 0.1) is 24.2 Å². The normalized spacial score (nSPS) is 25.0. The number of nitrogens with one attached hydrogen (secondary N) is 2. The molecular weight excluding hydrogens is 552 g/mol. The van der Waals surface area contributed by atoms with E-state index in [0.29, 0.717) is 38.3 Å². The SMILES string of the molecule is [C-]#[N+]C[C@H]1CN(c2nc(OC[C@@H]3CCCN3C)nc3c2CCN(c2cccc4cccc(C)c24)C3)CC[C@@H]1NC(=O)[C@@H]1CN1. The molecule has 0 spiro atoms. The molecule has 230 valence electrons. The molecule has 4 atom stereocenters. The number of ether oxygens (including phenoxy) is 1. The van der Waals surface area contributed by atoms with Crippen molar-refractivity contribution in [2.24, 2.45) is 5.92 Å². The summed E-state index contributed by atoms with van der Waals surface area (Å²) in [5.41, 5.74) is 4.70. The Labute approximate surface area is 259 Å². The largest absolute Gasteiger partial charge is 0.462 e. The van der Waals surface area contributed by atoms with Crippen LogP contribution in [0.2, 0.25) is 0 Å². The first-order valence-electron chi connectivity index (χ1n) is 16.1. The molecule has 2 N–H and O–H groups in total. The van der Waals surface area contributed by atoms with Crippen LogP contribution in [0.15, 0.2) is 36.4 Å². The molecule has 44 heavy (non-hydrogen) atoms. The van der Waals surface area contributed by atoms with Crippen LogP contribution in [0, 0.1) is 19.4 Å².